The summed E-state index contributed by atoms with van der Waals surface area (Å²) in [6.45, 7) is 0.623. The van der Waals surface area contributed by atoms with Gasteiger partial charge in [0, 0.05) is 6.42 Å². The van der Waals surface area contributed by atoms with E-state index in [1.54, 1.807) is 78.9 Å². The Morgan fingerprint density at radius 2 is 0.836 bits per heavy atom. The van der Waals surface area contributed by atoms with Crippen LogP contribution in [-0.2, 0) is 62.5 Å². The highest BCUT2D eigenvalue weighted by Gasteiger charge is 2.53. The van der Waals surface area contributed by atoms with Crippen molar-refractivity contribution >= 4 is 17.9 Å². The van der Waals surface area contributed by atoms with Crippen LogP contribution in [0.3, 0.4) is 0 Å². The fourth-order valence-corrected chi connectivity index (χ4v) is 7.85. The molecule has 0 bridgehead atoms. The zero-order chi connectivity index (χ0) is 46.2. The first kappa shape index (κ1) is 47.0. The van der Waals surface area contributed by atoms with Gasteiger partial charge in [0.05, 0.1) is 55.8 Å². The van der Waals surface area contributed by atoms with Crippen molar-refractivity contribution < 1.29 is 62.1 Å². The molecule has 6 aromatic rings. The van der Waals surface area contributed by atoms with Crippen molar-refractivity contribution in [2.75, 3.05) is 13.2 Å². The molecule has 67 heavy (non-hydrogen) atoms. The van der Waals surface area contributed by atoms with Crippen LogP contribution < -0.4 is 0 Å². The Hall–Kier alpha value is -6.55. The van der Waals surface area contributed by atoms with Gasteiger partial charge in [-0.3, -0.25) is 0 Å². The van der Waals surface area contributed by atoms with Gasteiger partial charge in [-0.15, -0.1) is 0 Å². The largest absolute Gasteiger partial charge is 0.452 e. The SMILES string of the molecule is O=C(OC1C(O)OC(COC2CC(OCc3ccccc3)C(OCc3ccccc3)C(COCc3ccccc3)O2)C(OC(=O)c2ccccc2)C1OC(=O)c1ccccc1)c1ccccc1. The molecule has 0 radical (unpaired) electrons. The minimum Gasteiger partial charge on any atom is -0.452 e. The molecule has 2 heterocycles. The Morgan fingerprint density at radius 3 is 1.33 bits per heavy atom. The summed E-state index contributed by atoms with van der Waals surface area (Å²) in [6, 6.07) is 53.8. The van der Waals surface area contributed by atoms with Crippen LogP contribution in [0.1, 0.15) is 54.2 Å². The number of ether oxygens (including phenoxy) is 9. The van der Waals surface area contributed by atoms with Gasteiger partial charge in [-0.05, 0) is 53.1 Å². The lowest BCUT2D eigenvalue weighted by atomic mass is 9.97. The molecule has 6 aromatic carbocycles. The maximum Gasteiger partial charge on any atom is 0.338 e. The van der Waals surface area contributed by atoms with E-state index in [1.807, 2.05) is 91.0 Å². The number of aliphatic hydroxyl groups is 1. The second-order valence-corrected chi connectivity index (χ2v) is 16.0. The van der Waals surface area contributed by atoms with Gasteiger partial charge in [-0.2, -0.15) is 0 Å². The lowest BCUT2D eigenvalue weighted by Gasteiger charge is -2.44. The highest BCUT2D eigenvalue weighted by atomic mass is 16.7. The fraction of sp³-hybridized carbons (Fsp3) is 0.278. The zero-order valence-electron chi connectivity index (χ0n) is 36.6. The Labute approximate surface area is 389 Å². The predicted octanol–water partition coefficient (Wildman–Crippen LogP) is 7.90. The highest BCUT2D eigenvalue weighted by molar-refractivity contribution is 5.91. The van der Waals surface area contributed by atoms with Crippen molar-refractivity contribution in [2.24, 2.45) is 0 Å². The summed E-state index contributed by atoms with van der Waals surface area (Å²) in [5, 5.41) is 11.7. The van der Waals surface area contributed by atoms with Crippen LogP contribution in [0.15, 0.2) is 182 Å². The van der Waals surface area contributed by atoms with Crippen LogP contribution in [0.25, 0.3) is 0 Å². The van der Waals surface area contributed by atoms with Gasteiger partial charge in [-0.25, -0.2) is 14.4 Å². The molecule has 0 amide bonds. The summed E-state index contributed by atoms with van der Waals surface area (Å²) < 4.78 is 56.8. The van der Waals surface area contributed by atoms with Gasteiger partial charge in [-0.1, -0.05) is 146 Å². The van der Waals surface area contributed by atoms with Crippen LogP contribution in [0.2, 0.25) is 0 Å². The second kappa shape index (κ2) is 23.8. The van der Waals surface area contributed by atoms with Crippen LogP contribution in [0.4, 0.5) is 0 Å². The monoisotopic (exact) mass is 908 g/mol. The minimum absolute atomic E-state index is 0.112. The summed E-state index contributed by atoms with van der Waals surface area (Å²) in [5.74, 6) is -2.45. The molecule has 1 N–H and O–H groups in total. The van der Waals surface area contributed by atoms with E-state index in [4.69, 9.17) is 42.6 Å². The van der Waals surface area contributed by atoms with Crippen LogP contribution in [0, 0.1) is 0 Å². The molecule has 0 saturated carbocycles. The lowest BCUT2D eigenvalue weighted by molar-refractivity contribution is -0.311. The number of rotatable bonds is 19. The summed E-state index contributed by atoms with van der Waals surface area (Å²) in [5.41, 5.74) is 3.41. The first-order valence-corrected chi connectivity index (χ1v) is 22.2. The van der Waals surface area contributed by atoms with Crippen molar-refractivity contribution in [3.8, 4) is 0 Å². The summed E-state index contributed by atoms with van der Waals surface area (Å²) in [7, 11) is 0. The molecule has 0 spiro atoms. The molecule has 13 nitrogen and oxygen atoms in total. The van der Waals surface area contributed by atoms with E-state index in [1.165, 1.54) is 12.1 Å². The molecule has 0 aromatic heterocycles. The van der Waals surface area contributed by atoms with Gasteiger partial charge < -0.3 is 47.7 Å². The molecule has 2 aliphatic heterocycles. The van der Waals surface area contributed by atoms with E-state index in [0.717, 1.165) is 16.7 Å². The summed E-state index contributed by atoms with van der Waals surface area (Å²) in [6.07, 6.45) is -10.5. The maximum absolute atomic E-state index is 13.9. The third-order valence-electron chi connectivity index (χ3n) is 11.3. The normalized spacial score (nSPS) is 23.7. The Balaban J connectivity index is 1.07. The Kier molecular flexibility index (Phi) is 16.7. The van der Waals surface area contributed by atoms with E-state index in [-0.39, 0.29) is 49.5 Å². The molecule has 13 heteroatoms. The Bertz CT molecular complexity index is 2430. The van der Waals surface area contributed by atoms with Gasteiger partial charge in [0.15, 0.2) is 30.9 Å². The molecule has 346 valence electrons. The predicted molar refractivity (Wildman–Crippen MR) is 243 cm³/mol. The van der Waals surface area contributed by atoms with E-state index < -0.39 is 73.2 Å². The molecule has 2 aliphatic rings. The smallest absolute Gasteiger partial charge is 0.338 e. The fourth-order valence-electron chi connectivity index (χ4n) is 7.85. The molecule has 9 unspecified atom stereocenters. The van der Waals surface area contributed by atoms with Crippen LogP contribution in [-0.4, -0.2) is 91.5 Å². The summed E-state index contributed by atoms with van der Waals surface area (Å²) in [4.78, 5) is 41.2. The third-order valence-corrected chi connectivity index (χ3v) is 11.3. The number of benzene rings is 6. The van der Waals surface area contributed by atoms with E-state index >= 15 is 0 Å². The van der Waals surface area contributed by atoms with Gasteiger partial charge in [0.1, 0.15) is 18.3 Å². The number of carbonyl (C=O) groups is 3. The first-order chi connectivity index (χ1) is 32.9. The summed E-state index contributed by atoms with van der Waals surface area (Å²) >= 11 is 0. The van der Waals surface area contributed by atoms with Crippen molar-refractivity contribution in [3.63, 3.8) is 0 Å². The lowest BCUT2D eigenvalue weighted by Crippen LogP contribution is -2.62. The molecule has 2 saturated heterocycles. The van der Waals surface area contributed by atoms with E-state index in [9.17, 15) is 19.5 Å². The Morgan fingerprint density at radius 1 is 0.433 bits per heavy atom. The first-order valence-electron chi connectivity index (χ1n) is 22.2. The van der Waals surface area contributed by atoms with Crippen molar-refractivity contribution in [1.29, 1.82) is 0 Å². The van der Waals surface area contributed by atoms with E-state index in [0.29, 0.717) is 6.61 Å². The number of carbonyl (C=O) groups excluding carboxylic acids is 3. The average molecular weight is 909 g/mol. The van der Waals surface area contributed by atoms with Crippen molar-refractivity contribution in [2.45, 2.75) is 81.5 Å². The minimum atomic E-state index is -1.87. The van der Waals surface area contributed by atoms with Crippen molar-refractivity contribution in [1.82, 2.24) is 0 Å². The molecular weight excluding hydrogens is 857 g/mol. The zero-order valence-corrected chi connectivity index (χ0v) is 36.6. The highest BCUT2D eigenvalue weighted by Crippen LogP contribution is 2.33. The molecule has 0 aliphatic carbocycles. The molecule has 8 rings (SSSR count). The number of esters is 3. The number of aliphatic hydroxyl groups excluding tert-OH is 1. The van der Waals surface area contributed by atoms with Gasteiger partial charge in [0.2, 0.25) is 0 Å². The van der Waals surface area contributed by atoms with Crippen molar-refractivity contribution in [3.05, 3.63) is 215 Å². The topological polar surface area (TPSA) is 155 Å². The number of hydrogen-bond acceptors (Lipinski definition) is 13. The average Bonchev–Trinajstić information content (AvgIpc) is 3.38. The van der Waals surface area contributed by atoms with Gasteiger partial charge in [0.25, 0.3) is 0 Å². The third kappa shape index (κ3) is 13.1. The molecule has 9 atom stereocenters. The van der Waals surface area contributed by atoms with Crippen LogP contribution in [0.5, 0.6) is 0 Å². The number of hydrogen-bond donors (Lipinski definition) is 1. The molecule has 2 fully saturated rings. The van der Waals surface area contributed by atoms with Crippen LogP contribution >= 0.6 is 0 Å². The maximum atomic E-state index is 13.9. The second-order valence-electron chi connectivity index (χ2n) is 16.0. The molecular formula is C54H52O13. The quantitative estimate of drug-likeness (QED) is 0.0619. The van der Waals surface area contributed by atoms with E-state index in [2.05, 4.69) is 0 Å². The van der Waals surface area contributed by atoms with Gasteiger partial charge >= 0.3 is 17.9 Å². The standard InChI is InChI=1S/C54H52O13/c55-51(40-25-13-4-14-26-40)65-48-45(64-54(58)50(67-53(57)42-29-17-6-18-30-42)49(48)66-52(56)41-27-15-5-16-28-41)36-61-46-31-43(60-33-38-21-9-2-10-22-38)47(62-34-39-23-11-3-12-24-39)44(63-46)35-59-32-37-19-7-1-8-20-37/h1-30,43-50,54,58H,31-36H2.